The van der Waals surface area contributed by atoms with E-state index in [0.29, 0.717) is 12.8 Å². The Morgan fingerprint density at radius 1 is 0.526 bits per heavy atom. The van der Waals surface area contributed by atoms with E-state index in [1.165, 1.54) is 135 Å². The van der Waals surface area contributed by atoms with Crippen LogP contribution in [0.4, 0.5) is 0 Å². The van der Waals surface area contributed by atoms with E-state index >= 15 is 0 Å². The fourth-order valence-electron chi connectivity index (χ4n) is 7.33. The van der Waals surface area contributed by atoms with Gasteiger partial charge in [-0.1, -0.05) is 187 Å². The highest BCUT2D eigenvalue weighted by molar-refractivity contribution is 7.85. The highest BCUT2D eigenvalue weighted by Gasteiger charge is 2.46. The van der Waals surface area contributed by atoms with Crippen molar-refractivity contribution in [3.63, 3.8) is 0 Å². The number of unbranched alkanes of at least 4 members (excludes halogenated alkanes) is 27. The van der Waals surface area contributed by atoms with Crippen molar-refractivity contribution in [2.24, 2.45) is 0 Å². The molecular weight excluding hydrogens is 753 g/mol. The second kappa shape index (κ2) is 35.4. The van der Waals surface area contributed by atoms with Gasteiger partial charge in [0.25, 0.3) is 10.1 Å². The summed E-state index contributed by atoms with van der Waals surface area (Å²) >= 11 is 0. The molecular formula is C44H84O12S. The van der Waals surface area contributed by atoms with Crippen LogP contribution in [0.2, 0.25) is 0 Å². The number of rotatable bonds is 39. The van der Waals surface area contributed by atoms with Crippen molar-refractivity contribution in [2.75, 3.05) is 19.0 Å². The van der Waals surface area contributed by atoms with Gasteiger partial charge >= 0.3 is 11.9 Å². The fraction of sp³-hybridized carbons (Fsp3) is 0.955. The first-order valence-electron chi connectivity index (χ1n) is 23.1. The first-order valence-corrected chi connectivity index (χ1v) is 24.7. The standard InChI is InChI=1S/C44H84O12S/c1-3-5-7-9-11-13-15-16-17-18-19-20-21-23-24-26-28-30-32-39(45)53-34-37(55-40(46)33-31-29-27-25-22-14-12-10-8-6-4-2)35-54-44-43(49)42(48)41(47)38(56-44)36-57(50,51)52/h37-38,41-44,47-49H,3-36H2,1-2H3,(H,50,51,52)/t37-,38-,41-,42?,43?,44+/m1/s1. The molecule has 0 aromatic heterocycles. The van der Waals surface area contributed by atoms with Gasteiger partial charge in [-0.2, -0.15) is 8.42 Å². The van der Waals surface area contributed by atoms with Crippen molar-refractivity contribution in [1.82, 2.24) is 0 Å². The van der Waals surface area contributed by atoms with Gasteiger partial charge in [-0.25, -0.2) is 0 Å². The fourth-order valence-corrected chi connectivity index (χ4v) is 8.02. The summed E-state index contributed by atoms with van der Waals surface area (Å²) in [5.41, 5.74) is 0. The monoisotopic (exact) mass is 837 g/mol. The molecule has 0 spiro atoms. The van der Waals surface area contributed by atoms with Crippen LogP contribution in [0.25, 0.3) is 0 Å². The van der Waals surface area contributed by atoms with Crippen LogP contribution >= 0.6 is 0 Å². The van der Waals surface area contributed by atoms with Gasteiger partial charge in [-0.05, 0) is 12.8 Å². The van der Waals surface area contributed by atoms with Gasteiger partial charge in [0.2, 0.25) is 0 Å². The average Bonchev–Trinajstić information content (AvgIpc) is 3.17. The summed E-state index contributed by atoms with van der Waals surface area (Å²) in [6.07, 6.45) is 25.8. The SMILES string of the molecule is CCCCCCCCCCCCCCCCCCCCC(=O)OC[C@H](CO[C@H]1O[C@H](CS(=O)(=O)O)[C@@H](O)C(O)C1O)OC(=O)CCCCCCCCCCCCC. The zero-order valence-corrected chi connectivity index (χ0v) is 36.8. The lowest BCUT2D eigenvalue weighted by atomic mass is 10.00. The smallest absolute Gasteiger partial charge is 0.306 e. The van der Waals surface area contributed by atoms with Gasteiger partial charge in [-0.15, -0.1) is 0 Å². The average molecular weight is 837 g/mol. The van der Waals surface area contributed by atoms with Gasteiger partial charge < -0.3 is 34.3 Å². The molecule has 13 heteroatoms. The Morgan fingerprint density at radius 2 is 0.895 bits per heavy atom. The molecule has 1 saturated heterocycles. The minimum absolute atomic E-state index is 0.171. The molecule has 1 aliphatic heterocycles. The molecule has 6 atom stereocenters. The Hall–Kier alpha value is -1.35. The Bertz CT molecular complexity index is 1070. The van der Waals surface area contributed by atoms with E-state index < -0.39 is 71.2 Å². The second-order valence-corrected chi connectivity index (χ2v) is 17.9. The Balaban J connectivity index is 2.39. The third-order valence-corrected chi connectivity index (χ3v) is 11.7. The van der Waals surface area contributed by atoms with Crippen molar-refractivity contribution >= 4 is 22.1 Å². The molecule has 0 aromatic carbocycles. The van der Waals surface area contributed by atoms with E-state index in [1.807, 2.05) is 0 Å². The topological polar surface area (TPSA) is 186 Å². The minimum atomic E-state index is -4.59. The molecule has 12 nitrogen and oxygen atoms in total. The number of esters is 2. The molecule has 0 aliphatic carbocycles. The number of ether oxygens (including phenoxy) is 4. The maximum atomic E-state index is 12.8. The zero-order chi connectivity index (χ0) is 42.0. The summed E-state index contributed by atoms with van der Waals surface area (Å²) in [5, 5.41) is 30.8. The van der Waals surface area contributed by atoms with Crippen molar-refractivity contribution in [2.45, 2.75) is 250 Å². The number of aliphatic hydroxyl groups is 3. The van der Waals surface area contributed by atoms with Gasteiger partial charge in [0.05, 0.1) is 6.61 Å². The van der Waals surface area contributed by atoms with Gasteiger partial charge in [0.1, 0.15) is 36.8 Å². The molecule has 0 bridgehead atoms. The molecule has 1 heterocycles. The molecule has 0 radical (unpaired) electrons. The summed E-state index contributed by atoms with van der Waals surface area (Å²) in [6.45, 7) is 3.77. The largest absolute Gasteiger partial charge is 0.462 e. The summed E-state index contributed by atoms with van der Waals surface area (Å²) < 4.78 is 54.0. The van der Waals surface area contributed by atoms with Crippen LogP contribution < -0.4 is 0 Å². The van der Waals surface area contributed by atoms with E-state index in [-0.39, 0.29) is 19.4 Å². The lowest BCUT2D eigenvalue weighted by Crippen LogP contribution is -2.60. The molecule has 338 valence electrons. The molecule has 1 rings (SSSR count). The van der Waals surface area contributed by atoms with E-state index in [2.05, 4.69) is 13.8 Å². The van der Waals surface area contributed by atoms with Crippen molar-refractivity contribution in [1.29, 1.82) is 0 Å². The number of carbonyl (C=O) groups excluding carboxylic acids is 2. The van der Waals surface area contributed by atoms with Crippen LogP contribution in [0.1, 0.15) is 213 Å². The zero-order valence-electron chi connectivity index (χ0n) is 36.0. The first kappa shape index (κ1) is 53.7. The van der Waals surface area contributed by atoms with Crippen molar-refractivity contribution < 1.29 is 56.8 Å². The Morgan fingerprint density at radius 3 is 1.28 bits per heavy atom. The van der Waals surface area contributed by atoms with E-state index in [1.54, 1.807) is 0 Å². The molecule has 1 fully saturated rings. The van der Waals surface area contributed by atoms with Crippen LogP contribution in [0.15, 0.2) is 0 Å². The van der Waals surface area contributed by atoms with Crippen molar-refractivity contribution in [3.05, 3.63) is 0 Å². The van der Waals surface area contributed by atoms with Crippen LogP contribution in [0.5, 0.6) is 0 Å². The maximum Gasteiger partial charge on any atom is 0.306 e. The number of carbonyl (C=O) groups is 2. The summed E-state index contributed by atoms with van der Waals surface area (Å²) in [5.74, 6) is -1.96. The molecule has 57 heavy (non-hydrogen) atoms. The van der Waals surface area contributed by atoms with Gasteiger partial charge in [0, 0.05) is 12.8 Å². The van der Waals surface area contributed by atoms with E-state index in [9.17, 15) is 37.9 Å². The number of aliphatic hydroxyl groups excluding tert-OH is 3. The van der Waals surface area contributed by atoms with Gasteiger partial charge in [0.15, 0.2) is 12.4 Å². The van der Waals surface area contributed by atoms with Crippen LogP contribution in [0, 0.1) is 0 Å². The Kier molecular flexibility index (Phi) is 33.3. The van der Waals surface area contributed by atoms with E-state index in [0.717, 1.165) is 38.5 Å². The van der Waals surface area contributed by atoms with Crippen molar-refractivity contribution in [3.8, 4) is 0 Å². The molecule has 1 aliphatic rings. The third kappa shape index (κ3) is 30.4. The summed E-state index contributed by atoms with van der Waals surface area (Å²) in [6, 6.07) is 0. The minimum Gasteiger partial charge on any atom is -0.462 e. The highest BCUT2D eigenvalue weighted by atomic mass is 32.2. The summed E-state index contributed by atoms with van der Waals surface area (Å²) in [4.78, 5) is 25.4. The highest BCUT2D eigenvalue weighted by Crippen LogP contribution is 2.24. The third-order valence-electron chi connectivity index (χ3n) is 10.9. The molecule has 0 amide bonds. The van der Waals surface area contributed by atoms with Gasteiger partial charge in [-0.3, -0.25) is 14.1 Å². The predicted molar refractivity (Wildman–Crippen MR) is 224 cm³/mol. The Labute approximate surface area is 346 Å². The van der Waals surface area contributed by atoms with Crippen LogP contribution in [-0.4, -0.2) is 96.0 Å². The van der Waals surface area contributed by atoms with Crippen LogP contribution in [0.3, 0.4) is 0 Å². The molecule has 2 unspecified atom stereocenters. The number of hydrogen-bond acceptors (Lipinski definition) is 11. The molecule has 0 saturated carbocycles. The second-order valence-electron chi connectivity index (χ2n) is 16.4. The predicted octanol–water partition coefficient (Wildman–Crippen LogP) is 9.29. The lowest BCUT2D eigenvalue weighted by molar-refractivity contribution is -0.297. The summed E-state index contributed by atoms with van der Waals surface area (Å²) in [7, 11) is -4.59. The maximum absolute atomic E-state index is 12.8. The normalized spacial score (nSPS) is 20.4. The quantitative estimate of drug-likeness (QED) is 0.0262. The van der Waals surface area contributed by atoms with Crippen LogP contribution in [-0.2, 0) is 38.7 Å². The first-order chi connectivity index (χ1) is 27.5. The molecule has 0 aromatic rings. The molecule has 4 N–H and O–H groups in total. The number of hydrogen-bond donors (Lipinski definition) is 4. The van der Waals surface area contributed by atoms with E-state index in [4.69, 9.17) is 18.9 Å². The lowest BCUT2D eigenvalue weighted by Gasteiger charge is -2.40.